The number of nitrogens with zero attached hydrogens (tertiary/aromatic N) is 4. The van der Waals surface area contributed by atoms with Crippen LogP contribution in [0, 0.1) is 12.7 Å². The Labute approximate surface area is 237 Å². The summed E-state index contributed by atoms with van der Waals surface area (Å²) in [5, 5.41) is 15.6. The van der Waals surface area contributed by atoms with Crippen molar-refractivity contribution in [2.45, 2.75) is 71.6 Å². The fraction of sp³-hybridized carbons (Fsp3) is 0.548. The number of piperazine rings is 1. The summed E-state index contributed by atoms with van der Waals surface area (Å²) in [6, 6.07) is 12.7. The second-order valence-corrected chi connectivity index (χ2v) is 12.5. The van der Waals surface area contributed by atoms with Gasteiger partial charge in [-0.3, -0.25) is 14.3 Å². The first-order valence-corrected chi connectivity index (χ1v) is 14.3. The number of carboxylic acid groups (broad SMARTS) is 1. The maximum atomic E-state index is 13.5. The molecule has 2 aliphatic rings. The predicted molar refractivity (Wildman–Crippen MR) is 155 cm³/mol. The van der Waals surface area contributed by atoms with E-state index in [0.717, 1.165) is 36.3 Å². The highest BCUT2D eigenvalue weighted by atomic mass is 19.1. The Morgan fingerprint density at radius 2 is 1.82 bits per heavy atom. The van der Waals surface area contributed by atoms with E-state index in [1.165, 1.54) is 17.7 Å². The second-order valence-electron chi connectivity index (χ2n) is 12.5. The van der Waals surface area contributed by atoms with Crippen LogP contribution in [0.15, 0.2) is 42.5 Å². The van der Waals surface area contributed by atoms with E-state index >= 15 is 0 Å². The molecule has 218 valence electrons. The topological polar surface area (TPSA) is 79.0 Å². The fourth-order valence-electron chi connectivity index (χ4n) is 6.47. The van der Waals surface area contributed by atoms with Gasteiger partial charge in [0.1, 0.15) is 11.9 Å². The van der Waals surface area contributed by atoms with Gasteiger partial charge in [-0.05, 0) is 88.9 Å². The van der Waals surface area contributed by atoms with Crippen LogP contribution in [0.4, 0.5) is 25.4 Å². The molecule has 0 spiro atoms. The summed E-state index contributed by atoms with van der Waals surface area (Å²) < 4.78 is 13.5. The Balaban J connectivity index is 1.33. The molecule has 40 heavy (non-hydrogen) atoms. The highest BCUT2D eigenvalue weighted by molar-refractivity contribution is 5.91. The number of quaternary nitrogens is 1. The molecule has 3 amide bonds. The number of benzene rings is 2. The lowest BCUT2D eigenvalue weighted by molar-refractivity contribution is -0.943. The number of amides is 3. The molecule has 2 aromatic carbocycles. The Hall–Kier alpha value is -3.17. The van der Waals surface area contributed by atoms with Crippen molar-refractivity contribution in [3.8, 4) is 0 Å². The van der Waals surface area contributed by atoms with Crippen LogP contribution in [0.1, 0.15) is 51.7 Å². The molecule has 2 aliphatic heterocycles. The van der Waals surface area contributed by atoms with Crippen molar-refractivity contribution >= 4 is 23.5 Å². The zero-order chi connectivity index (χ0) is 29.2. The van der Waals surface area contributed by atoms with Crippen LogP contribution >= 0.6 is 0 Å². The van der Waals surface area contributed by atoms with Crippen molar-refractivity contribution in [3.05, 3.63) is 59.4 Å². The van der Waals surface area contributed by atoms with Gasteiger partial charge in [-0.25, -0.2) is 9.18 Å². The van der Waals surface area contributed by atoms with Gasteiger partial charge in [0.2, 0.25) is 0 Å². The van der Waals surface area contributed by atoms with E-state index in [2.05, 4.69) is 29.3 Å². The molecule has 9 heteroatoms. The normalized spacial score (nSPS) is 22.7. The lowest BCUT2D eigenvalue weighted by Gasteiger charge is -2.55. The van der Waals surface area contributed by atoms with Crippen molar-refractivity contribution in [2.24, 2.45) is 0 Å². The number of likely N-dealkylation sites (tertiary alicyclic amines) is 1. The molecule has 0 aromatic heterocycles. The molecule has 0 radical (unpaired) electrons. The van der Waals surface area contributed by atoms with Crippen LogP contribution in [0.25, 0.3) is 0 Å². The first kappa shape index (κ1) is 29.8. The Morgan fingerprint density at radius 3 is 2.40 bits per heavy atom. The van der Waals surface area contributed by atoms with Crippen molar-refractivity contribution in [1.82, 2.24) is 9.80 Å². The molecule has 1 N–H and O–H groups in total. The van der Waals surface area contributed by atoms with E-state index in [9.17, 15) is 19.1 Å². The molecule has 1 unspecified atom stereocenters. The lowest BCUT2D eigenvalue weighted by Crippen LogP contribution is -2.76. The van der Waals surface area contributed by atoms with Crippen molar-refractivity contribution < 1.29 is 23.6 Å². The molecule has 8 nitrogen and oxygen atoms in total. The van der Waals surface area contributed by atoms with Crippen molar-refractivity contribution in [1.29, 1.82) is 0 Å². The highest BCUT2D eigenvalue weighted by Gasteiger charge is 2.49. The number of halogens is 1. The van der Waals surface area contributed by atoms with Gasteiger partial charge in [0.15, 0.2) is 0 Å². The molecule has 2 heterocycles. The van der Waals surface area contributed by atoms with Crippen LogP contribution in [0.3, 0.4) is 0 Å². The average molecular weight is 554 g/mol. The summed E-state index contributed by atoms with van der Waals surface area (Å²) >= 11 is 0. The van der Waals surface area contributed by atoms with Crippen LogP contribution < -0.4 is 15.3 Å². The van der Waals surface area contributed by atoms with Gasteiger partial charge < -0.3 is 20.1 Å². The van der Waals surface area contributed by atoms with E-state index in [-0.39, 0.29) is 28.4 Å². The van der Waals surface area contributed by atoms with Crippen LogP contribution in [-0.4, -0.2) is 83.8 Å². The van der Waals surface area contributed by atoms with Gasteiger partial charge >= 0.3 is 6.03 Å². The molecule has 0 bridgehead atoms. The molecular weight excluding hydrogens is 509 g/mol. The third-order valence-electron chi connectivity index (χ3n) is 8.92. The number of urea groups is 1. The monoisotopic (exact) mass is 553 g/mol. The number of carbonyl (C=O) groups excluding carboxylic acids is 2. The Morgan fingerprint density at radius 1 is 1.12 bits per heavy atom. The zero-order valence-corrected chi connectivity index (χ0v) is 24.7. The second kappa shape index (κ2) is 11.7. The molecule has 2 atom stereocenters. The number of piperidine rings is 1. The number of hydrogen-bond acceptors (Lipinski definition) is 5. The maximum absolute atomic E-state index is 13.5. The Kier molecular flexibility index (Phi) is 8.75. The minimum Gasteiger partial charge on any atom is -0.498 e. The van der Waals surface area contributed by atoms with Gasteiger partial charge in [0, 0.05) is 50.6 Å². The highest BCUT2D eigenvalue weighted by Crippen LogP contribution is 2.32. The third kappa shape index (κ3) is 6.10. The smallest absolute Gasteiger partial charge is 0.324 e. The number of carbonyl (C=O) groups is 2. The van der Waals surface area contributed by atoms with Crippen LogP contribution in [0.5, 0.6) is 0 Å². The molecule has 4 rings (SSSR count). The SMILES string of the molecule is Cc1cc(N(C)C(=O)N2CCC(Nc3cccc(F)c3)CC2)ccc1CN1CC[N+](C(=O)[O-])(C(C)(C)C)[C@@H](C)C1. The minimum atomic E-state index is -1.00. The van der Waals surface area contributed by atoms with Gasteiger partial charge in [-0.2, -0.15) is 0 Å². The quantitative estimate of drug-likeness (QED) is 0.555. The Bertz CT molecular complexity index is 1220. The molecule has 0 saturated carbocycles. The lowest BCUT2D eigenvalue weighted by atomic mass is 9.95. The summed E-state index contributed by atoms with van der Waals surface area (Å²) in [5.74, 6) is -0.261. The van der Waals surface area contributed by atoms with E-state index < -0.39 is 11.6 Å². The van der Waals surface area contributed by atoms with Gasteiger partial charge in [0.05, 0.1) is 18.6 Å². The van der Waals surface area contributed by atoms with Gasteiger partial charge in [-0.1, -0.05) is 12.1 Å². The zero-order valence-electron chi connectivity index (χ0n) is 24.7. The van der Waals surface area contributed by atoms with Gasteiger partial charge in [0.25, 0.3) is 6.09 Å². The molecule has 2 saturated heterocycles. The number of aryl methyl sites for hydroxylation is 1. The summed E-state index contributed by atoms with van der Waals surface area (Å²) in [6.45, 7) is 13.9. The van der Waals surface area contributed by atoms with Crippen molar-refractivity contribution in [2.75, 3.05) is 50.0 Å². The van der Waals surface area contributed by atoms with E-state index in [1.54, 1.807) is 11.0 Å². The summed E-state index contributed by atoms with van der Waals surface area (Å²) in [7, 11) is 1.81. The van der Waals surface area contributed by atoms with Gasteiger partial charge in [-0.15, -0.1) is 0 Å². The summed E-state index contributed by atoms with van der Waals surface area (Å²) in [5.41, 5.74) is 3.45. The van der Waals surface area contributed by atoms with E-state index in [4.69, 9.17) is 0 Å². The standard InChI is InChI=1S/C31H44FN5O3/c1-22-18-28(11-10-24(22)21-35-16-17-37(30(39)40,23(2)20-35)31(3,4)5)34(6)29(38)36-14-12-26(13-15-36)33-27-9-7-8-25(32)19-27/h7-11,18-19,23,26,33H,12-17,20-21H2,1-6H3/t23-,37?/m0/s1. The molecular formula is C31H44FN5O3. The van der Waals surface area contributed by atoms with Crippen LogP contribution in [0.2, 0.25) is 0 Å². The third-order valence-corrected chi connectivity index (χ3v) is 8.92. The number of nitrogens with one attached hydrogen (secondary N) is 1. The number of hydrogen-bond donors (Lipinski definition) is 1. The molecule has 2 aromatic rings. The van der Waals surface area contributed by atoms with Crippen LogP contribution in [-0.2, 0) is 6.54 Å². The number of rotatable bonds is 5. The van der Waals surface area contributed by atoms with Crippen molar-refractivity contribution in [3.63, 3.8) is 0 Å². The molecule has 0 aliphatic carbocycles. The van der Waals surface area contributed by atoms with E-state index in [0.29, 0.717) is 32.7 Å². The molecule has 2 fully saturated rings. The largest absolute Gasteiger partial charge is 0.498 e. The predicted octanol–water partition coefficient (Wildman–Crippen LogP) is 4.43. The first-order valence-electron chi connectivity index (χ1n) is 14.3. The fourth-order valence-corrected chi connectivity index (χ4v) is 6.47. The summed E-state index contributed by atoms with van der Waals surface area (Å²) in [4.78, 5) is 31.4. The number of anilines is 2. The maximum Gasteiger partial charge on any atom is 0.324 e. The first-order chi connectivity index (χ1) is 18.8. The van der Waals surface area contributed by atoms with E-state index in [1.807, 2.05) is 51.8 Å². The summed E-state index contributed by atoms with van der Waals surface area (Å²) in [6.07, 6.45) is 0.602. The average Bonchev–Trinajstić information content (AvgIpc) is 2.88. The minimum absolute atomic E-state index is 0.0280.